The molecule has 1 atom stereocenters. The number of esters is 1. The van der Waals surface area contributed by atoms with Crippen LogP contribution in [-0.2, 0) is 20.9 Å². The van der Waals surface area contributed by atoms with Gasteiger partial charge in [-0.2, -0.15) is 0 Å². The van der Waals surface area contributed by atoms with Gasteiger partial charge in [-0.1, -0.05) is 54.2 Å². The van der Waals surface area contributed by atoms with Crippen LogP contribution in [0.25, 0.3) is 0 Å². The summed E-state index contributed by atoms with van der Waals surface area (Å²) < 4.78 is 17.2. The van der Waals surface area contributed by atoms with Crippen molar-refractivity contribution in [3.63, 3.8) is 0 Å². The summed E-state index contributed by atoms with van der Waals surface area (Å²) in [7, 11) is 3.16. The predicted molar refractivity (Wildman–Crippen MR) is 147 cm³/mol. The van der Waals surface area contributed by atoms with E-state index in [2.05, 4.69) is 0 Å². The van der Waals surface area contributed by atoms with Crippen LogP contribution in [0.2, 0.25) is 0 Å². The molecule has 3 heterocycles. The fraction of sp³-hybridized carbons (Fsp3) is 0.345. The molecule has 0 spiro atoms. The van der Waals surface area contributed by atoms with Crippen molar-refractivity contribution in [1.82, 2.24) is 9.80 Å². The lowest BCUT2D eigenvalue weighted by Crippen LogP contribution is -2.38. The number of hydrogen-bond donors (Lipinski definition) is 0. The van der Waals surface area contributed by atoms with Crippen LogP contribution in [0.1, 0.15) is 43.4 Å². The fourth-order valence-corrected chi connectivity index (χ4v) is 6.05. The van der Waals surface area contributed by atoms with Crippen LogP contribution in [0.15, 0.2) is 75.9 Å². The van der Waals surface area contributed by atoms with Gasteiger partial charge in [0, 0.05) is 24.4 Å². The average molecular weight is 534 g/mol. The summed E-state index contributed by atoms with van der Waals surface area (Å²) in [6.07, 6.45) is 2.28. The summed E-state index contributed by atoms with van der Waals surface area (Å²) in [6, 6.07) is 14.5. The van der Waals surface area contributed by atoms with Crippen LogP contribution in [0, 0.1) is 0 Å². The van der Waals surface area contributed by atoms with Crippen LogP contribution in [0.5, 0.6) is 11.5 Å². The van der Waals surface area contributed by atoms with Gasteiger partial charge in [-0.05, 0) is 36.8 Å². The molecule has 0 saturated carbocycles. The Kier molecular flexibility index (Phi) is 7.74. The molecular weight excluding hydrogens is 502 g/mol. The minimum atomic E-state index is -0.608. The van der Waals surface area contributed by atoms with E-state index >= 15 is 0 Å². The maximum absolute atomic E-state index is 13.7. The zero-order valence-corrected chi connectivity index (χ0v) is 22.6. The van der Waals surface area contributed by atoms with Crippen LogP contribution in [0.3, 0.4) is 0 Å². The van der Waals surface area contributed by atoms with Gasteiger partial charge in [0.15, 0.2) is 16.7 Å². The third-order valence-corrected chi connectivity index (χ3v) is 7.84. The number of fused-ring (bicyclic) bond motifs is 1. The molecule has 1 fully saturated rings. The Labute approximate surface area is 226 Å². The molecule has 3 aliphatic rings. The van der Waals surface area contributed by atoms with Crippen LogP contribution >= 0.6 is 11.8 Å². The van der Waals surface area contributed by atoms with E-state index in [1.807, 2.05) is 70.7 Å². The van der Waals surface area contributed by atoms with E-state index in [4.69, 9.17) is 19.2 Å². The number of rotatable bonds is 8. The molecule has 5 rings (SSSR count). The van der Waals surface area contributed by atoms with E-state index in [1.165, 1.54) is 11.8 Å². The highest BCUT2D eigenvalue weighted by Crippen LogP contribution is 2.48. The molecule has 1 amide bonds. The van der Waals surface area contributed by atoms with Crippen LogP contribution in [-0.4, -0.2) is 54.2 Å². The summed E-state index contributed by atoms with van der Waals surface area (Å²) in [4.78, 5) is 35.5. The first-order chi connectivity index (χ1) is 18.5. The smallest absolute Gasteiger partial charge is 0.338 e. The fourth-order valence-electron chi connectivity index (χ4n) is 5.09. The van der Waals surface area contributed by atoms with Gasteiger partial charge in [-0.3, -0.25) is 4.79 Å². The highest BCUT2D eigenvalue weighted by Gasteiger charge is 2.43. The number of thioether (sulfide) groups is 1. The van der Waals surface area contributed by atoms with Crippen molar-refractivity contribution in [1.29, 1.82) is 0 Å². The molecule has 198 valence electrons. The molecule has 2 aromatic rings. The number of para-hydroxylation sites is 1. The number of carbonyl (C=O) groups excluding carboxylic acids is 2. The number of likely N-dealkylation sites (tertiary alicyclic amines) is 1. The Morgan fingerprint density at radius 2 is 1.79 bits per heavy atom. The van der Waals surface area contributed by atoms with Crippen molar-refractivity contribution in [2.45, 2.75) is 38.8 Å². The molecular formula is C29H31N3O5S. The Bertz CT molecular complexity index is 1310. The van der Waals surface area contributed by atoms with Gasteiger partial charge < -0.3 is 24.0 Å². The van der Waals surface area contributed by atoms with Gasteiger partial charge in [0.25, 0.3) is 0 Å². The third-order valence-electron chi connectivity index (χ3n) is 6.95. The normalized spacial score (nSPS) is 18.7. The third kappa shape index (κ3) is 5.03. The molecule has 2 aromatic carbocycles. The van der Waals surface area contributed by atoms with Crippen LogP contribution < -0.4 is 9.47 Å². The second-order valence-corrected chi connectivity index (χ2v) is 10.1. The van der Waals surface area contributed by atoms with Crippen molar-refractivity contribution in [2.24, 2.45) is 4.99 Å². The molecule has 0 aliphatic carbocycles. The molecule has 8 nitrogen and oxygen atoms in total. The van der Waals surface area contributed by atoms with Gasteiger partial charge >= 0.3 is 5.97 Å². The first-order valence-corrected chi connectivity index (χ1v) is 13.5. The summed E-state index contributed by atoms with van der Waals surface area (Å²) >= 11 is 1.45. The zero-order chi connectivity index (χ0) is 26.6. The van der Waals surface area contributed by atoms with Gasteiger partial charge in [-0.25, -0.2) is 9.79 Å². The quantitative estimate of drug-likeness (QED) is 0.440. The number of hydrogen-bond acceptors (Lipinski definition) is 8. The van der Waals surface area contributed by atoms with Crippen molar-refractivity contribution in [2.75, 3.05) is 27.3 Å². The summed E-state index contributed by atoms with van der Waals surface area (Å²) in [5.74, 6) is 0.677. The Balaban J connectivity index is 1.53. The van der Waals surface area contributed by atoms with Gasteiger partial charge in [0.05, 0.1) is 38.0 Å². The van der Waals surface area contributed by atoms with Gasteiger partial charge in [0.1, 0.15) is 6.61 Å². The number of amides is 1. The number of nitrogens with zero attached hydrogens (tertiary/aromatic N) is 3. The monoisotopic (exact) mass is 533 g/mol. The molecule has 3 aliphatic heterocycles. The first-order valence-electron chi connectivity index (χ1n) is 12.7. The largest absolute Gasteiger partial charge is 0.493 e. The molecule has 9 heteroatoms. The highest BCUT2D eigenvalue weighted by atomic mass is 32.2. The number of allylic oxidation sites excluding steroid dienone is 1. The van der Waals surface area contributed by atoms with Crippen molar-refractivity contribution >= 4 is 28.8 Å². The van der Waals surface area contributed by atoms with E-state index < -0.39 is 12.0 Å². The highest BCUT2D eigenvalue weighted by molar-refractivity contribution is 8.16. The lowest BCUT2D eigenvalue weighted by atomic mass is 9.92. The lowest BCUT2D eigenvalue weighted by molar-refractivity contribution is -0.141. The summed E-state index contributed by atoms with van der Waals surface area (Å²) in [5, 5.41) is 2.67. The van der Waals surface area contributed by atoms with E-state index in [1.54, 1.807) is 14.2 Å². The molecule has 38 heavy (non-hydrogen) atoms. The maximum Gasteiger partial charge on any atom is 0.338 e. The lowest BCUT2D eigenvalue weighted by Gasteiger charge is -2.37. The predicted octanol–water partition coefficient (Wildman–Crippen LogP) is 5.03. The van der Waals surface area contributed by atoms with Crippen LogP contribution in [0.4, 0.5) is 0 Å². The van der Waals surface area contributed by atoms with E-state index in [0.29, 0.717) is 27.9 Å². The SMILES string of the molecule is COc1cccc([C@@H]2C(C(=O)OCc3ccccc3)=C(C)N=C3SC=C(CC(=O)N4CCCC4)N32)c1OC. The molecule has 1 saturated heterocycles. The molecule has 0 unspecified atom stereocenters. The molecule has 0 bridgehead atoms. The van der Waals surface area contributed by atoms with Crippen molar-refractivity contribution in [3.05, 3.63) is 82.0 Å². The number of amidine groups is 1. The average Bonchev–Trinajstić information content (AvgIpc) is 3.62. The summed E-state index contributed by atoms with van der Waals surface area (Å²) in [6.45, 7) is 3.52. The van der Waals surface area contributed by atoms with Crippen molar-refractivity contribution in [3.8, 4) is 11.5 Å². The van der Waals surface area contributed by atoms with E-state index in [0.717, 1.165) is 42.8 Å². The number of carbonyl (C=O) groups is 2. The number of methoxy groups -OCH3 is 2. The van der Waals surface area contributed by atoms with E-state index in [9.17, 15) is 9.59 Å². The van der Waals surface area contributed by atoms with Gasteiger partial charge in [0.2, 0.25) is 5.91 Å². The molecule has 0 aromatic heterocycles. The minimum Gasteiger partial charge on any atom is -0.493 e. The zero-order valence-electron chi connectivity index (χ0n) is 21.8. The Hall–Kier alpha value is -3.72. The second-order valence-electron chi connectivity index (χ2n) is 9.30. The Morgan fingerprint density at radius 3 is 2.50 bits per heavy atom. The molecule has 0 radical (unpaired) electrons. The second kappa shape index (κ2) is 11.3. The van der Waals surface area contributed by atoms with Crippen molar-refractivity contribution < 1.29 is 23.8 Å². The van der Waals surface area contributed by atoms with Gasteiger partial charge in [-0.15, -0.1) is 0 Å². The maximum atomic E-state index is 13.7. The summed E-state index contributed by atoms with van der Waals surface area (Å²) in [5.41, 5.74) is 3.38. The standard InChI is InChI=1S/C29H31N3O5S/c1-19-25(28(34)37-17-20-10-5-4-6-11-20)26(22-12-9-13-23(35-2)27(22)36-3)32-21(18-38-29(32)30-19)16-24(33)31-14-7-8-15-31/h4-6,9-13,18,26H,7-8,14-17H2,1-3H3/t26-/m1/s1. The topological polar surface area (TPSA) is 80.7 Å². The molecule has 0 N–H and O–H groups in total. The number of benzene rings is 2. The Morgan fingerprint density at radius 1 is 1.03 bits per heavy atom. The first kappa shape index (κ1) is 25.9. The minimum absolute atomic E-state index is 0.0754. The number of ether oxygens (including phenoxy) is 3. The number of aliphatic imine (C=N–C) groups is 1. The van der Waals surface area contributed by atoms with E-state index in [-0.39, 0.29) is 18.9 Å².